The number of hydrogen-bond donors (Lipinski definition) is 3. The molecule has 1 amide bonds. The number of hydrogen-bond acceptors (Lipinski definition) is 4. The van der Waals surface area contributed by atoms with Crippen LogP contribution in [-0.4, -0.2) is 37.0 Å². The van der Waals surface area contributed by atoms with Crippen LogP contribution in [0.1, 0.15) is 24.0 Å². The van der Waals surface area contributed by atoms with Gasteiger partial charge in [0.2, 0.25) is 5.91 Å². The maximum absolute atomic E-state index is 11.4. The third-order valence-corrected chi connectivity index (χ3v) is 5.04. The maximum Gasteiger partial charge on any atom is 0.220 e. The van der Waals surface area contributed by atoms with Gasteiger partial charge in [0.15, 0.2) is 5.96 Å². The molecule has 3 rings (SSSR count). The molecule has 1 aliphatic heterocycles. The van der Waals surface area contributed by atoms with Crippen molar-refractivity contribution in [1.29, 1.82) is 0 Å². The van der Waals surface area contributed by atoms with Gasteiger partial charge in [-0.25, -0.2) is 4.98 Å². The van der Waals surface area contributed by atoms with Crippen LogP contribution in [0.15, 0.2) is 53.7 Å². The second-order valence-electron chi connectivity index (χ2n) is 6.91. The number of primary amides is 1. The van der Waals surface area contributed by atoms with E-state index in [2.05, 4.69) is 43.7 Å². The van der Waals surface area contributed by atoms with Crippen LogP contribution in [0.2, 0.25) is 0 Å². The lowest BCUT2D eigenvalue weighted by Crippen LogP contribution is -2.40. The number of halogens is 1. The molecule has 1 saturated heterocycles. The number of aromatic nitrogens is 1. The van der Waals surface area contributed by atoms with E-state index >= 15 is 0 Å². The first-order valence-electron chi connectivity index (χ1n) is 9.64. The average molecular weight is 508 g/mol. The van der Waals surface area contributed by atoms with E-state index in [1.54, 1.807) is 7.05 Å². The minimum atomic E-state index is -0.198. The molecule has 0 aliphatic carbocycles. The van der Waals surface area contributed by atoms with Crippen molar-refractivity contribution < 1.29 is 4.79 Å². The van der Waals surface area contributed by atoms with Crippen LogP contribution >= 0.6 is 24.0 Å². The topological polar surface area (TPSA) is 95.6 Å². The summed E-state index contributed by atoms with van der Waals surface area (Å²) in [6, 6.07) is 14.2. The van der Waals surface area contributed by atoms with Crippen LogP contribution in [0, 0.1) is 5.92 Å². The maximum atomic E-state index is 11.4. The zero-order valence-electron chi connectivity index (χ0n) is 16.7. The summed E-state index contributed by atoms with van der Waals surface area (Å²) >= 11 is 0. The SMILES string of the molecule is CN=C(NCc1ccccc1)NCc1cccnc1N1CCC(C(N)=O)CC1.I. The molecule has 0 atom stereocenters. The highest BCUT2D eigenvalue weighted by atomic mass is 127. The predicted octanol–water partition coefficient (Wildman–Crippen LogP) is 2.27. The fourth-order valence-electron chi connectivity index (χ4n) is 3.41. The first-order valence-corrected chi connectivity index (χ1v) is 9.64. The molecular weight excluding hydrogens is 479 g/mol. The Morgan fingerprint density at radius 3 is 2.48 bits per heavy atom. The lowest BCUT2D eigenvalue weighted by atomic mass is 9.96. The molecular formula is C21H29IN6O. The van der Waals surface area contributed by atoms with E-state index in [-0.39, 0.29) is 35.8 Å². The molecule has 1 aromatic carbocycles. The highest BCUT2D eigenvalue weighted by molar-refractivity contribution is 14.0. The van der Waals surface area contributed by atoms with Crippen LogP contribution in [-0.2, 0) is 17.9 Å². The van der Waals surface area contributed by atoms with Gasteiger partial charge in [0, 0.05) is 50.9 Å². The number of nitrogens with one attached hydrogen (secondary N) is 2. The Morgan fingerprint density at radius 2 is 1.83 bits per heavy atom. The van der Waals surface area contributed by atoms with Gasteiger partial charge in [0.05, 0.1) is 0 Å². The van der Waals surface area contributed by atoms with Crippen LogP contribution in [0.4, 0.5) is 5.82 Å². The Labute approximate surface area is 189 Å². The Hall–Kier alpha value is -2.36. The molecule has 4 N–H and O–H groups in total. The standard InChI is InChI=1S/C21H28N6O.HI/c1-23-21(25-14-16-6-3-2-4-7-16)26-15-18-8-5-11-24-20(18)27-12-9-17(10-13-27)19(22)28;/h2-8,11,17H,9-10,12-15H2,1H3,(H2,22,28)(H2,23,25,26);1H. The van der Waals surface area contributed by atoms with Gasteiger partial charge in [0.25, 0.3) is 0 Å². The Morgan fingerprint density at radius 1 is 1.14 bits per heavy atom. The fraction of sp³-hybridized carbons (Fsp3) is 0.381. The van der Waals surface area contributed by atoms with E-state index < -0.39 is 0 Å². The van der Waals surface area contributed by atoms with Crippen molar-refractivity contribution in [2.45, 2.75) is 25.9 Å². The number of carbonyl (C=O) groups excluding carboxylic acids is 1. The quantitative estimate of drug-likeness (QED) is 0.316. The van der Waals surface area contributed by atoms with Gasteiger partial charge >= 0.3 is 0 Å². The molecule has 1 aromatic heterocycles. The molecule has 0 spiro atoms. The number of nitrogens with zero attached hydrogens (tertiary/aromatic N) is 3. The van der Waals surface area contributed by atoms with Crippen molar-refractivity contribution in [3.8, 4) is 0 Å². The zero-order valence-corrected chi connectivity index (χ0v) is 19.0. The molecule has 0 saturated carbocycles. The van der Waals surface area contributed by atoms with Crippen molar-refractivity contribution >= 4 is 41.7 Å². The summed E-state index contributed by atoms with van der Waals surface area (Å²) in [6.07, 6.45) is 3.36. The van der Waals surface area contributed by atoms with Gasteiger partial charge < -0.3 is 21.3 Å². The Bertz CT molecular complexity index is 806. The van der Waals surface area contributed by atoms with Crippen molar-refractivity contribution in [2.24, 2.45) is 16.6 Å². The number of piperidine rings is 1. The lowest BCUT2D eigenvalue weighted by molar-refractivity contribution is -0.122. The fourth-order valence-corrected chi connectivity index (χ4v) is 3.41. The van der Waals surface area contributed by atoms with Gasteiger partial charge in [-0.3, -0.25) is 9.79 Å². The van der Waals surface area contributed by atoms with Crippen molar-refractivity contribution in [3.05, 3.63) is 59.8 Å². The number of nitrogens with two attached hydrogens (primary N) is 1. The molecule has 0 bridgehead atoms. The molecule has 8 heteroatoms. The molecule has 0 radical (unpaired) electrons. The molecule has 0 unspecified atom stereocenters. The normalized spacial score (nSPS) is 14.8. The minimum Gasteiger partial charge on any atom is -0.369 e. The van der Waals surface area contributed by atoms with Gasteiger partial charge in [0.1, 0.15) is 5.82 Å². The number of aliphatic imine (C=N–C) groups is 1. The summed E-state index contributed by atoms with van der Waals surface area (Å²) < 4.78 is 0. The number of anilines is 1. The molecule has 2 heterocycles. The van der Waals surface area contributed by atoms with E-state index in [9.17, 15) is 4.79 Å². The summed E-state index contributed by atoms with van der Waals surface area (Å²) in [5.41, 5.74) is 7.74. The second-order valence-corrected chi connectivity index (χ2v) is 6.91. The summed E-state index contributed by atoms with van der Waals surface area (Å²) in [5.74, 6) is 1.47. The zero-order chi connectivity index (χ0) is 19.8. The summed E-state index contributed by atoms with van der Waals surface area (Å²) in [6.45, 7) is 2.91. The minimum absolute atomic E-state index is 0. The number of carbonyl (C=O) groups is 1. The predicted molar refractivity (Wildman–Crippen MR) is 127 cm³/mol. The monoisotopic (exact) mass is 508 g/mol. The Balaban J connectivity index is 0.00000300. The van der Waals surface area contributed by atoms with Crippen molar-refractivity contribution in [1.82, 2.24) is 15.6 Å². The third kappa shape index (κ3) is 6.59. The van der Waals surface area contributed by atoms with Gasteiger partial charge in [-0.1, -0.05) is 36.4 Å². The summed E-state index contributed by atoms with van der Waals surface area (Å²) in [7, 11) is 1.76. The Kier molecular flexibility index (Phi) is 9.17. The van der Waals surface area contributed by atoms with E-state index in [0.717, 1.165) is 43.3 Å². The smallest absolute Gasteiger partial charge is 0.220 e. The largest absolute Gasteiger partial charge is 0.369 e. The van der Waals surface area contributed by atoms with Crippen molar-refractivity contribution in [2.75, 3.05) is 25.0 Å². The number of guanidine groups is 1. The lowest BCUT2D eigenvalue weighted by Gasteiger charge is -2.32. The van der Waals surface area contributed by atoms with Crippen LogP contribution in [0.25, 0.3) is 0 Å². The van der Waals surface area contributed by atoms with E-state index in [1.807, 2.05) is 30.5 Å². The number of benzene rings is 1. The van der Waals surface area contributed by atoms with Gasteiger partial charge in [-0.05, 0) is 24.5 Å². The first kappa shape index (κ1) is 22.9. The molecule has 156 valence electrons. The number of rotatable bonds is 6. The molecule has 29 heavy (non-hydrogen) atoms. The number of amides is 1. The molecule has 1 fully saturated rings. The molecule has 1 aliphatic rings. The third-order valence-electron chi connectivity index (χ3n) is 5.04. The average Bonchev–Trinajstić information content (AvgIpc) is 2.75. The molecule has 2 aromatic rings. The van der Waals surface area contributed by atoms with E-state index in [4.69, 9.17) is 5.73 Å². The first-order chi connectivity index (χ1) is 13.7. The number of pyridine rings is 1. The van der Waals surface area contributed by atoms with Crippen LogP contribution < -0.4 is 21.3 Å². The van der Waals surface area contributed by atoms with Gasteiger partial charge in [-0.2, -0.15) is 0 Å². The second kappa shape index (κ2) is 11.6. The summed E-state index contributed by atoms with van der Waals surface area (Å²) in [5, 5.41) is 6.69. The van der Waals surface area contributed by atoms with Crippen molar-refractivity contribution in [3.63, 3.8) is 0 Å². The van der Waals surface area contributed by atoms with Crippen LogP contribution in [0.5, 0.6) is 0 Å². The highest BCUT2D eigenvalue weighted by Gasteiger charge is 2.24. The highest BCUT2D eigenvalue weighted by Crippen LogP contribution is 2.24. The van der Waals surface area contributed by atoms with Crippen LogP contribution in [0.3, 0.4) is 0 Å². The van der Waals surface area contributed by atoms with E-state index in [0.29, 0.717) is 13.1 Å². The summed E-state index contributed by atoms with van der Waals surface area (Å²) in [4.78, 5) is 22.5. The molecule has 7 nitrogen and oxygen atoms in total. The van der Waals surface area contributed by atoms with E-state index in [1.165, 1.54) is 5.56 Å². The van der Waals surface area contributed by atoms with Gasteiger partial charge in [-0.15, -0.1) is 24.0 Å².